The van der Waals surface area contributed by atoms with Crippen LogP contribution in [0, 0.1) is 0 Å². The van der Waals surface area contributed by atoms with Crippen LogP contribution in [-0.4, -0.2) is 5.88 Å². The third-order valence-corrected chi connectivity index (χ3v) is 3.16. The van der Waals surface area contributed by atoms with E-state index >= 15 is 0 Å². The van der Waals surface area contributed by atoms with Gasteiger partial charge in [0.1, 0.15) is 0 Å². The average Bonchev–Trinajstić information content (AvgIpc) is 2.66. The maximum atomic E-state index is 5.84. The minimum absolute atomic E-state index is 0.554. The summed E-state index contributed by atoms with van der Waals surface area (Å²) in [5.74, 6) is 0.554. The summed E-state index contributed by atoms with van der Waals surface area (Å²) < 4.78 is 0. The molecule has 78 valence electrons. The third kappa shape index (κ3) is 1.30. The maximum Gasteiger partial charge on any atom is 0.0413 e. The molecular formula is C15H11Cl. The molecule has 1 aliphatic rings. The van der Waals surface area contributed by atoms with E-state index in [1.54, 1.807) is 0 Å². The molecule has 0 saturated carbocycles. The molecule has 16 heavy (non-hydrogen) atoms. The molecule has 3 rings (SSSR count). The molecule has 0 amide bonds. The molecule has 0 spiro atoms. The van der Waals surface area contributed by atoms with Gasteiger partial charge in [-0.25, -0.2) is 0 Å². The van der Waals surface area contributed by atoms with Crippen molar-refractivity contribution in [2.75, 3.05) is 5.88 Å². The van der Waals surface area contributed by atoms with Gasteiger partial charge in [0.15, 0.2) is 0 Å². The Balaban J connectivity index is 2.34. The van der Waals surface area contributed by atoms with E-state index < -0.39 is 0 Å². The van der Waals surface area contributed by atoms with Crippen LogP contribution in [0.25, 0.3) is 16.7 Å². The van der Waals surface area contributed by atoms with Crippen molar-refractivity contribution in [1.82, 2.24) is 0 Å². The van der Waals surface area contributed by atoms with Gasteiger partial charge in [-0.3, -0.25) is 0 Å². The van der Waals surface area contributed by atoms with Gasteiger partial charge in [-0.15, -0.1) is 11.6 Å². The Kier molecular flexibility index (Phi) is 2.30. The van der Waals surface area contributed by atoms with Crippen molar-refractivity contribution >= 4 is 17.2 Å². The van der Waals surface area contributed by atoms with E-state index in [0.717, 1.165) is 0 Å². The lowest BCUT2D eigenvalue weighted by Gasteiger charge is -2.00. The zero-order chi connectivity index (χ0) is 11.0. The zero-order valence-electron chi connectivity index (χ0n) is 8.78. The summed E-state index contributed by atoms with van der Waals surface area (Å²) in [5.41, 5.74) is 6.49. The Hall–Kier alpha value is -1.53. The molecule has 0 saturated heterocycles. The van der Waals surface area contributed by atoms with Crippen molar-refractivity contribution in [2.45, 2.75) is 0 Å². The molecule has 0 nitrogen and oxygen atoms in total. The van der Waals surface area contributed by atoms with Crippen molar-refractivity contribution < 1.29 is 0 Å². The summed E-state index contributed by atoms with van der Waals surface area (Å²) in [6.07, 6.45) is 2.09. The number of hydrogen-bond donors (Lipinski definition) is 0. The Bertz CT molecular complexity index is 520. The van der Waals surface area contributed by atoms with Crippen LogP contribution in [0.4, 0.5) is 0 Å². The molecule has 1 heteroatoms. The van der Waals surface area contributed by atoms with E-state index in [9.17, 15) is 0 Å². The quantitative estimate of drug-likeness (QED) is 0.542. The summed E-state index contributed by atoms with van der Waals surface area (Å²) >= 11 is 5.84. The molecule has 0 radical (unpaired) electrons. The van der Waals surface area contributed by atoms with Gasteiger partial charge in [0.05, 0.1) is 0 Å². The predicted molar refractivity (Wildman–Crippen MR) is 69.7 cm³/mol. The molecule has 0 aromatic heterocycles. The van der Waals surface area contributed by atoms with E-state index in [1.165, 1.54) is 27.8 Å². The van der Waals surface area contributed by atoms with Gasteiger partial charge in [0.2, 0.25) is 0 Å². The number of rotatable bonds is 1. The van der Waals surface area contributed by atoms with Gasteiger partial charge in [0.25, 0.3) is 0 Å². The van der Waals surface area contributed by atoms with Crippen molar-refractivity contribution in [3.63, 3.8) is 0 Å². The summed E-state index contributed by atoms with van der Waals surface area (Å²) in [5, 5.41) is 0. The molecule has 0 bridgehead atoms. The second-order valence-electron chi connectivity index (χ2n) is 3.86. The summed E-state index contributed by atoms with van der Waals surface area (Å²) in [4.78, 5) is 0. The van der Waals surface area contributed by atoms with Gasteiger partial charge in [-0.05, 0) is 27.8 Å². The maximum absolute atomic E-state index is 5.84. The molecule has 0 fully saturated rings. The number of alkyl halides is 1. The van der Waals surface area contributed by atoms with E-state index in [2.05, 4.69) is 54.6 Å². The highest BCUT2D eigenvalue weighted by molar-refractivity contribution is 6.19. The molecule has 2 aromatic rings. The highest BCUT2D eigenvalue weighted by Gasteiger charge is 2.21. The first-order chi connectivity index (χ1) is 7.92. The monoisotopic (exact) mass is 226 g/mol. The highest BCUT2D eigenvalue weighted by atomic mass is 35.5. The van der Waals surface area contributed by atoms with Gasteiger partial charge in [-0.1, -0.05) is 54.6 Å². The Morgan fingerprint density at radius 2 is 1.19 bits per heavy atom. The van der Waals surface area contributed by atoms with Gasteiger partial charge in [-0.2, -0.15) is 0 Å². The highest BCUT2D eigenvalue weighted by Crippen LogP contribution is 2.43. The van der Waals surface area contributed by atoms with E-state index in [4.69, 9.17) is 11.6 Å². The second kappa shape index (κ2) is 3.80. The normalized spacial score (nSPS) is 12.2. The van der Waals surface area contributed by atoms with Gasteiger partial charge < -0.3 is 0 Å². The fourth-order valence-electron chi connectivity index (χ4n) is 2.35. The topological polar surface area (TPSA) is 0 Å². The van der Waals surface area contributed by atoms with Crippen LogP contribution in [0.3, 0.4) is 0 Å². The van der Waals surface area contributed by atoms with E-state index in [0.29, 0.717) is 5.88 Å². The number of hydrogen-bond acceptors (Lipinski definition) is 0. The minimum atomic E-state index is 0.554. The van der Waals surface area contributed by atoms with Crippen LogP contribution in [0.2, 0.25) is 0 Å². The minimum Gasteiger partial charge on any atom is -0.122 e. The van der Waals surface area contributed by atoms with Gasteiger partial charge >= 0.3 is 0 Å². The van der Waals surface area contributed by atoms with Crippen LogP contribution < -0.4 is 0 Å². The number of fused-ring (bicyclic) bond motifs is 3. The van der Waals surface area contributed by atoms with Crippen molar-refractivity contribution in [3.8, 4) is 11.1 Å². The zero-order valence-corrected chi connectivity index (χ0v) is 9.54. The van der Waals surface area contributed by atoms with Crippen molar-refractivity contribution in [3.05, 3.63) is 65.7 Å². The Labute approximate surface area is 100 Å². The van der Waals surface area contributed by atoms with Crippen LogP contribution in [0.15, 0.2) is 54.6 Å². The van der Waals surface area contributed by atoms with E-state index in [1.807, 2.05) is 0 Å². The number of benzene rings is 2. The van der Waals surface area contributed by atoms with Crippen molar-refractivity contribution in [2.24, 2.45) is 0 Å². The van der Waals surface area contributed by atoms with Gasteiger partial charge in [0, 0.05) is 5.88 Å². The molecule has 0 aliphatic heterocycles. The molecule has 1 aliphatic carbocycles. The second-order valence-corrected chi connectivity index (χ2v) is 4.17. The molecule has 0 atom stereocenters. The number of allylic oxidation sites excluding steroid dienone is 1. The van der Waals surface area contributed by atoms with Crippen LogP contribution in [-0.2, 0) is 0 Å². The SMILES string of the molecule is ClCC=C1c2ccccc2-c2ccccc21. The molecule has 2 aromatic carbocycles. The third-order valence-electron chi connectivity index (χ3n) is 3.01. The first-order valence-corrected chi connectivity index (χ1v) is 5.90. The fraction of sp³-hybridized carbons (Fsp3) is 0.0667. The summed E-state index contributed by atoms with van der Waals surface area (Å²) in [7, 11) is 0. The summed E-state index contributed by atoms with van der Waals surface area (Å²) in [6.45, 7) is 0. The van der Waals surface area contributed by atoms with Crippen LogP contribution in [0.5, 0.6) is 0 Å². The van der Waals surface area contributed by atoms with Crippen LogP contribution >= 0.6 is 11.6 Å². The molecule has 0 unspecified atom stereocenters. The fourth-order valence-corrected chi connectivity index (χ4v) is 2.50. The lowest BCUT2D eigenvalue weighted by atomic mass is 10.0. The smallest absolute Gasteiger partial charge is 0.0413 e. The van der Waals surface area contributed by atoms with Crippen molar-refractivity contribution in [1.29, 1.82) is 0 Å². The lowest BCUT2D eigenvalue weighted by molar-refractivity contribution is 1.63. The van der Waals surface area contributed by atoms with E-state index in [-0.39, 0.29) is 0 Å². The first kappa shape index (κ1) is 9.68. The first-order valence-electron chi connectivity index (χ1n) is 5.37. The largest absolute Gasteiger partial charge is 0.122 e. The molecule has 0 N–H and O–H groups in total. The average molecular weight is 227 g/mol. The lowest BCUT2D eigenvalue weighted by Crippen LogP contribution is -1.81. The standard InChI is InChI=1S/C15H11Cl/c16-10-9-15-13-7-3-1-5-11(13)12-6-2-4-8-14(12)15/h1-9H,10H2. The van der Waals surface area contributed by atoms with Crippen LogP contribution in [0.1, 0.15) is 11.1 Å². The number of halogens is 1. The molecule has 0 heterocycles. The Morgan fingerprint density at radius 1 is 0.750 bits per heavy atom. The molecular weight excluding hydrogens is 216 g/mol. The Morgan fingerprint density at radius 3 is 1.62 bits per heavy atom. The predicted octanol–water partition coefficient (Wildman–Crippen LogP) is 4.34. The summed E-state index contributed by atoms with van der Waals surface area (Å²) in [6, 6.07) is 17.0.